The largest absolute Gasteiger partial charge is 0.478 e. The third kappa shape index (κ3) is 4.08. The van der Waals surface area contributed by atoms with E-state index in [9.17, 15) is 9.90 Å². The van der Waals surface area contributed by atoms with Crippen LogP contribution in [0.15, 0.2) is 24.8 Å². The molecule has 4 heteroatoms. The summed E-state index contributed by atoms with van der Waals surface area (Å²) in [5, 5.41) is 9.25. The number of aromatic nitrogens is 1. The number of carboxylic acids is 1. The van der Waals surface area contributed by atoms with Gasteiger partial charge in [0.05, 0.1) is 5.56 Å². The molecule has 110 valence electrons. The lowest BCUT2D eigenvalue weighted by molar-refractivity contribution is 0.0696. The van der Waals surface area contributed by atoms with Gasteiger partial charge in [0, 0.05) is 17.8 Å². The molecule has 1 heterocycles. The number of anilines is 1. The van der Waals surface area contributed by atoms with E-state index in [0.29, 0.717) is 12.4 Å². The highest BCUT2D eigenvalue weighted by Gasteiger charge is 2.23. The van der Waals surface area contributed by atoms with Crippen LogP contribution in [0.3, 0.4) is 0 Å². The zero-order valence-electron chi connectivity index (χ0n) is 12.8. The number of carboxylic acid groups (broad SMARTS) is 1. The summed E-state index contributed by atoms with van der Waals surface area (Å²) in [7, 11) is 0. The van der Waals surface area contributed by atoms with E-state index in [1.54, 1.807) is 18.2 Å². The summed E-state index contributed by atoms with van der Waals surface area (Å²) in [5.74, 6) is -0.223. The minimum absolute atomic E-state index is 0.151. The number of aromatic carboxylic acids is 1. The first-order valence-corrected chi connectivity index (χ1v) is 6.92. The molecule has 0 amide bonds. The molecule has 0 saturated heterocycles. The summed E-state index contributed by atoms with van der Waals surface area (Å²) < 4.78 is 0. The van der Waals surface area contributed by atoms with E-state index in [-0.39, 0.29) is 11.1 Å². The normalized spacial score (nSPS) is 11.2. The zero-order valence-corrected chi connectivity index (χ0v) is 12.8. The lowest BCUT2D eigenvalue weighted by Gasteiger charge is -2.36. The summed E-state index contributed by atoms with van der Waals surface area (Å²) in [5.41, 5.74) is 0.958. The van der Waals surface area contributed by atoms with Gasteiger partial charge in [-0.15, -0.1) is 6.58 Å². The maximum absolute atomic E-state index is 11.3. The van der Waals surface area contributed by atoms with Crippen molar-refractivity contribution in [1.29, 1.82) is 0 Å². The van der Waals surface area contributed by atoms with E-state index in [4.69, 9.17) is 0 Å². The van der Waals surface area contributed by atoms with Crippen molar-refractivity contribution in [2.24, 2.45) is 0 Å². The Balaban J connectivity index is 3.32. The highest BCUT2D eigenvalue weighted by molar-refractivity contribution is 5.88. The Morgan fingerprint density at radius 3 is 2.55 bits per heavy atom. The maximum Gasteiger partial charge on any atom is 0.335 e. The number of hydrogen-bond acceptors (Lipinski definition) is 3. The highest BCUT2D eigenvalue weighted by atomic mass is 16.4. The van der Waals surface area contributed by atoms with E-state index in [1.807, 2.05) is 0 Å². The van der Waals surface area contributed by atoms with Gasteiger partial charge >= 0.3 is 5.97 Å². The second-order valence-corrected chi connectivity index (χ2v) is 5.83. The van der Waals surface area contributed by atoms with Crippen molar-refractivity contribution >= 4 is 11.8 Å². The number of rotatable bonds is 6. The summed E-state index contributed by atoms with van der Waals surface area (Å²) in [4.78, 5) is 17.9. The Morgan fingerprint density at radius 1 is 1.45 bits per heavy atom. The fourth-order valence-electron chi connectivity index (χ4n) is 2.06. The van der Waals surface area contributed by atoms with Crippen LogP contribution >= 0.6 is 0 Å². The van der Waals surface area contributed by atoms with Crippen LogP contribution in [-0.4, -0.2) is 28.1 Å². The number of hydrogen-bond donors (Lipinski definition) is 1. The van der Waals surface area contributed by atoms with Crippen LogP contribution in [0.2, 0.25) is 0 Å². The summed E-state index contributed by atoms with van der Waals surface area (Å²) in [6, 6.07) is 3.29. The van der Waals surface area contributed by atoms with Crippen molar-refractivity contribution < 1.29 is 9.90 Å². The molecule has 4 nitrogen and oxygen atoms in total. The number of carbonyl (C=O) groups is 1. The van der Waals surface area contributed by atoms with Crippen LogP contribution in [0.25, 0.3) is 0 Å². The molecule has 1 N–H and O–H groups in total. The molecule has 0 bridgehead atoms. The molecule has 0 aliphatic heterocycles. The third-order valence-electron chi connectivity index (χ3n) is 3.02. The predicted molar refractivity (Wildman–Crippen MR) is 82.5 cm³/mol. The first kappa shape index (κ1) is 16.2. The van der Waals surface area contributed by atoms with Gasteiger partial charge in [-0.25, -0.2) is 9.78 Å². The SMILES string of the molecule is C=CCN(c1cc(C(=O)O)cc(CCC)n1)C(C)(C)C. The van der Waals surface area contributed by atoms with Gasteiger partial charge in [0.1, 0.15) is 5.82 Å². The van der Waals surface area contributed by atoms with Crippen LogP contribution in [0.5, 0.6) is 0 Å². The van der Waals surface area contributed by atoms with Crippen molar-refractivity contribution in [2.45, 2.75) is 46.1 Å². The van der Waals surface area contributed by atoms with Crippen LogP contribution in [0, 0.1) is 0 Å². The summed E-state index contributed by atoms with van der Waals surface area (Å²) >= 11 is 0. The number of aryl methyl sites for hydroxylation is 1. The first-order valence-electron chi connectivity index (χ1n) is 6.92. The molecular formula is C16H24N2O2. The molecule has 0 spiro atoms. The molecule has 0 atom stereocenters. The Bertz CT molecular complexity index is 490. The van der Waals surface area contributed by atoms with E-state index >= 15 is 0 Å². The Labute approximate surface area is 121 Å². The van der Waals surface area contributed by atoms with Crippen LogP contribution < -0.4 is 4.90 Å². The number of pyridine rings is 1. The van der Waals surface area contributed by atoms with Gasteiger partial charge in [0.15, 0.2) is 0 Å². The predicted octanol–water partition coefficient (Wildman–Crippen LogP) is 3.52. The molecule has 0 aliphatic rings. The molecule has 0 saturated carbocycles. The van der Waals surface area contributed by atoms with Gasteiger partial charge in [-0.1, -0.05) is 19.4 Å². The average molecular weight is 276 g/mol. The molecule has 1 aromatic heterocycles. The highest BCUT2D eigenvalue weighted by Crippen LogP contribution is 2.24. The Hall–Kier alpha value is -1.84. The molecule has 1 rings (SSSR count). The molecule has 0 radical (unpaired) electrons. The van der Waals surface area contributed by atoms with Gasteiger partial charge in [-0.05, 0) is 39.3 Å². The zero-order chi connectivity index (χ0) is 15.3. The second kappa shape index (κ2) is 6.55. The topological polar surface area (TPSA) is 53.4 Å². The lowest BCUT2D eigenvalue weighted by Crippen LogP contribution is -2.42. The molecule has 0 aliphatic carbocycles. The fourth-order valence-corrected chi connectivity index (χ4v) is 2.06. The second-order valence-electron chi connectivity index (χ2n) is 5.83. The van der Waals surface area contributed by atoms with Crippen LogP contribution in [0.4, 0.5) is 5.82 Å². The van der Waals surface area contributed by atoms with Crippen LogP contribution in [-0.2, 0) is 6.42 Å². The van der Waals surface area contributed by atoms with E-state index in [1.165, 1.54) is 0 Å². The molecule has 0 unspecified atom stereocenters. The van der Waals surface area contributed by atoms with Gasteiger partial charge in [-0.2, -0.15) is 0 Å². The first-order chi connectivity index (χ1) is 9.29. The van der Waals surface area contributed by atoms with Crippen molar-refractivity contribution in [2.75, 3.05) is 11.4 Å². The maximum atomic E-state index is 11.3. The molecular weight excluding hydrogens is 252 g/mol. The third-order valence-corrected chi connectivity index (χ3v) is 3.02. The fraction of sp³-hybridized carbons (Fsp3) is 0.500. The Kier molecular flexibility index (Phi) is 5.31. The van der Waals surface area contributed by atoms with Crippen LogP contribution in [0.1, 0.15) is 50.2 Å². The minimum atomic E-state index is -0.918. The minimum Gasteiger partial charge on any atom is -0.478 e. The van der Waals surface area contributed by atoms with Gasteiger partial charge in [0.25, 0.3) is 0 Å². The van der Waals surface area contributed by atoms with Crippen molar-refractivity contribution in [3.05, 3.63) is 36.0 Å². The molecule has 1 aromatic rings. The smallest absolute Gasteiger partial charge is 0.335 e. The lowest BCUT2D eigenvalue weighted by atomic mass is 10.0. The standard InChI is InChI=1S/C16H24N2O2/c1-6-8-13-10-12(15(19)20)11-14(17-13)18(9-7-2)16(3,4)5/h7,10-11H,2,6,8-9H2,1,3-5H3,(H,19,20). The summed E-state index contributed by atoms with van der Waals surface area (Å²) in [6.07, 6.45) is 3.52. The van der Waals surface area contributed by atoms with Crippen molar-refractivity contribution in [1.82, 2.24) is 4.98 Å². The van der Waals surface area contributed by atoms with E-state index in [0.717, 1.165) is 18.5 Å². The molecule has 20 heavy (non-hydrogen) atoms. The van der Waals surface area contributed by atoms with Gasteiger partial charge in [0.2, 0.25) is 0 Å². The van der Waals surface area contributed by atoms with Crippen molar-refractivity contribution in [3.8, 4) is 0 Å². The summed E-state index contributed by atoms with van der Waals surface area (Å²) in [6.45, 7) is 12.7. The Morgan fingerprint density at radius 2 is 2.10 bits per heavy atom. The number of nitrogens with zero attached hydrogens (tertiary/aromatic N) is 2. The molecule has 0 fully saturated rings. The quantitative estimate of drug-likeness (QED) is 0.808. The molecule has 0 aromatic carbocycles. The van der Waals surface area contributed by atoms with Gasteiger partial charge < -0.3 is 10.0 Å². The van der Waals surface area contributed by atoms with Gasteiger partial charge in [-0.3, -0.25) is 0 Å². The van der Waals surface area contributed by atoms with E-state index in [2.05, 4.69) is 44.2 Å². The van der Waals surface area contributed by atoms with Crippen molar-refractivity contribution in [3.63, 3.8) is 0 Å². The monoisotopic (exact) mass is 276 g/mol. The average Bonchev–Trinajstić information content (AvgIpc) is 2.34. The van der Waals surface area contributed by atoms with E-state index < -0.39 is 5.97 Å².